The Balaban J connectivity index is 2.00. The highest BCUT2D eigenvalue weighted by Crippen LogP contribution is 2.12. The summed E-state index contributed by atoms with van der Waals surface area (Å²) >= 11 is 5.78. The van der Waals surface area contributed by atoms with Crippen molar-refractivity contribution in [2.45, 2.75) is 13.5 Å². The number of hydrogen-bond donors (Lipinski definition) is 0. The number of nitrogens with zero attached hydrogens (tertiary/aromatic N) is 1. The van der Waals surface area contributed by atoms with E-state index in [1.54, 1.807) is 18.2 Å². The van der Waals surface area contributed by atoms with E-state index in [-0.39, 0.29) is 12.6 Å². The number of aryl methyl sites for hydroxylation is 1. The van der Waals surface area contributed by atoms with Crippen LogP contribution >= 0.6 is 11.6 Å². The molecule has 2 rings (SSSR count). The molecule has 0 amide bonds. The molecule has 3 nitrogen and oxygen atoms in total. The third-order valence-electron chi connectivity index (χ3n) is 2.87. The molecule has 0 bridgehead atoms. The molecule has 0 fully saturated rings. The fourth-order valence-corrected chi connectivity index (χ4v) is 1.75. The molecule has 1 aromatic carbocycles. The van der Waals surface area contributed by atoms with Gasteiger partial charge in [-0.1, -0.05) is 23.7 Å². The number of carbonyl (C=O) groups excluding carboxylic acids is 1. The maximum Gasteiger partial charge on any atom is 0.355 e. The Bertz CT molecular complexity index is 558. The third kappa shape index (κ3) is 2.74. The average molecular weight is 264 g/mol. The highest BCUT2D eigenvalue weighted by atomic mass is 35.5. The molecule has 0 saturated heterocycles. The van der Waals surface area contributed by atoms with Crippen LogP contribution in [0.1, 0.15) is 21.7 Å². The Labute approximate surface area is 111 Å². The van der Waals surface area contributed by atoms with Crippen molar-refractivity contribution in [1.82, 2.24) is 4.57 Å². The summed E-state index contributed by atoms with van der Waals surface area (Å²) in [6.07, 6.45) is 0. The molecule has 2 aromatic rings. The Kier molecular flexibility index (Phi) is 3.72. The number of halogens is 1. The standard InChI is InChI=1S/C14H14ClNO2/c1-10-3-8-13(16(10)2)14(17)18-9-11-4-6-12(15)7-5-11/h3-8H,9H2,1-2H3. The number of esters is 1. The topological polar surface area (TPSA) is 31.2 Å². The first-order valence-corrected chi connectivity index (χ1v) is 5.99. The minimum Gasteiger partial charge on any atom is -0.456 e. The molecule has 0 aliphatic carbocycles. The average Bonchev–Trinajstić information content (AvgIpc) is 2.69. The van der Waals surface area contributed by atoms with E-state index in [1.165, 1.54) is 0 Å². The minimum atomic E-state index is -0.319. The molecule has 0 aliphatic heterocycles. The van der Waals surface area contributed by atoms with Gasteiger partial charge in [-0.05, 0) is 36.8 Å². The summed E-state index contributed by atoms with van der Waals surface area (Å²) in [5, 5.41) is 0.670. The van der Waals surface area contributed by atoms with Crippen molar-refractivity contribution < 1.29 is 9.53 Å². The maximum absolute atomic E-state index is 11.8. The van der Waals surface area contributed by atoms with E-state index in [1.807, 2.05) is 36.7 Å². The fourth-order valence-electron chi connectivity index (χ4n) is 1.62. The van der Waals surface area contributed by atoms with Crippen molar-refractivity contribution in [2.75, 3.05) is 0 Å². The number of benzene rings is 1. The highest BCUT2D eigenvalue weighted by Gasteiger charge is 2.12. The number of hydrogen-bond acceptors (Lipinski definition) is 2. The molecule has 1 aromatic heterocycles. The van der Waals surface area contributed by atoms with Crippen molar-refractivity contribution in [3.05, 3.63) is 58.4 Å². The van der Waals surface area contributed by atoms with Crippen LogP contribution in [0.5, 0.6) is 0 Å². The van der Waals surface area contributed by atoms with Gasteiger partial charge in [-0.15, -0.1) is 0 Å². The van der Waals surface area contributed by atoms with Crippen LogP contribution in [0.15, 0.2) is 36.4 Å². The number of carbonyl (C=O) groups is 1. The maximum atomic E-state index is 11.8. The normalized spacial score (nSPS) is 10.4. The summed E-state index contributed by atoms with van der Waals surface area (Å²) in [7, 11) is 1.84. The first-order valence-electron chi connectivity index (χ1n) is 5.62. The summed E-state index contributed by atoms with van der Waals surface area (Å²) in [6, 6.07) is 10.9. The molecule has 94 valence electrons. The zero-order valence-electron chi connectivity index (χ0n) is 10.3. The molecule has 0 aliphatic rings. The van der Waals surface area contributed by atoms with Crippen LogP contribution in [0.25, 0.3) is 0 Å². The second-order valence-electron chi connectivity index (χ2n) is 4.12. The molecule has 18 heavy (non-hydrogen) atoms. The van der Waals surface area contributed by atoms with Crippen molar-refractivity contribution in [2.24, 2.45) is 7.05 Å². The number of rotatable bonds is 3. The van der Waals surface area contributed by atoms with E-state index in [2.05, 4.69) is 0 Å². The summed E-state index contributed by atoms with van der Waals surface area (Å²) < 4.78 is 7.06. The Morgan fingerprint density at radius 1 is 1.22 bits per heavy atom. The summed E-state index contributed by atoms with van der Waals surface area (Å²) in [5.74, 6) is -0.319. The van der Waals surface area contributed by atoms with Gasteiger partial charge in [-0.2, -0.15) is 0 Å². The van der Waals surface area contributed by atoms with Crippen molar-refractivity contribution in [1.29, 1.82) is 0 Å². The second kappa shape index (κ2) is 5.27. The van der Waals surface area contributed by atoms with Crippen LogP contribution in [-0.2, 0) is 18.4 Å². The lowest BCUT2D eigenvalue weighted by Crippen LogP contribution is -2.10. The van der Waals surface area contributed by atoms with Crippen LogP contribution < -0.4 is 0 Å². The summed E-state index contributed by atoms with van der Waals surface area (Å²) in [5.41, 5.74) is 2.49. The smallest absolute Gasteiger partial charge is 0.355 e. The third-order valence-corrected chi connectivity index (χ3v) is 3.12. The molecule has 0 radical (unpaired) electrons. The van der Waals surface area contributed by atoms with Gasteiger partial charge >= 0.3 is 5.97 Å². The van der Waals surface area contributed by atoms with Gasteiger partial charge in [0.2, 0.25) is 0 Å². The molecule has 1 heterocycles. The largest absolute Gasteiger partial charge is 0.456 e. The molecule has 0 saturated carbocycles. The zero-order valence-corrected chi connectivity index (χ0v) is 11.1. The van der Waals surface area contributed by atoms with Gasteiger partial charge in [0.1, 0.15) is 12.3 Å². The quantitative estimate of drug-likeness (QED) is 0.796. The summed E-state index contributed by atoms with van der Waals surface area (Å²) in [6.45, 7) is 2.19. The van der Waals surface area contributed by atoms with Gasteiger partial charge < -0.3 is 9.30 Å². The monoisotopic (exact) mass is 263 g/mol. The van der Waals surface area contributed by atoms with Gasteiger partial charge in [0.05, 0.1) is 0 Å². The lowest BCUT2D eigenvalue weighted by Gasteiger charge is -2.06. The second-order valence-corrected chi connectivity index (χ2v) is 4.56. The van der Waals surface area contributed by atoms with E-state index in [0.717, 1.165) is 11.3 Å². The Morgan fingerprint density at radius 2 is 1.89 bits per heavy atom. The van der Waals surface area contributed by atoms with E-state index < -0.39 is 0 Å². The molecule has 0 atom stereocenters. The predicted molar refractivity (Wildman–Crippen MR) is 70.7 cm³/mol. The van der Waals surface area contributed by atoms with Crippen LogP contribution in [0.4, 0.5) is 0 Å². The molecule has 0 N–H and O–H groups in total. The lowest BCUT2D eigenvalue weighted by molar-refractivity contribution is 0.0461. The zero-order chi connectivity index (χ0) is 13.1. The first-order chi connectivity index (χ1) is 8.58. The summed E-state index contributed by atoms with van der Waals surface area (Å²) in [4.78, 5) is 11.8. The minimum absolute atomic E-state index is 0.250. The van der Waals surface area contributed by atoms with Gasteiger partial charge in [-0.25, -0.2) is 4.79 Å². The van der Waals surface area contributed by atoms with Gasteiger partial charge in [0.25, 0.3) is 0 Å². The van der Waals surface area contributed by atoms with Gasteiger partial charge in [-0.3, -0.25) is 0 Å². The van der Waals surface area contributed by atoms with Crippen LogP contribution in [-0.4, -0.2) is 10.5 Å². The molecule has 0 unspecified atom stereocenters. The number of ether oxygens (including phenoxy) is 1. The Morgan fingerprint density at radius 3 is 2.44 bits per heavy atom. The van der Waals surface area contributed by atoms with E-state index >= 15 is 0 Å². The van der Waals surface area contributed by atoms with Crippen LogP contribution in [0.3, 0.4) is 0 Å². The van der Waals surface area contributed by atoms with Crippen molar-refractivity contribution in [3.63, 3.8) is 0 Å². The molecular weight excluding hydrogens is 250 g/mol. The molecular formula is C14H14ClNO2. The van der Waals surface area contributed by atoms with E-state index in [0.29, 0.717) is 10.7 Å². The Hall–Kier alpha value is -1.74. The molecule has 0 spiro atoms. The predicted octanol–water partition coefficient (Wildman–Crippen LogP) is 3.34. The number of aromatic nitrogens is 1. The van der Waals surface area contributed by atoms with E-state index in [9.17, 15) is 4.79 Å². The van der Waals surface area contributed by atoms with E-state index in [4.69, 9.17) is 16.3 Å². The lowest BCUT2D eigenvalue weighted by atomic mass is 10.2. The van der Waals surface area contributed by atoms with Crippen molar-refractivity contribution in [3.8, 4) is 0 Å². The van der Waals surface area contributed by atoms with Gasteiger partial charge in [0, 0.05) is 17.8 Å². The first kappa shape index (κ1) is 12.7. The SMILES string of the molecule is Cc1ccc(C(=O)OCc2ccc(Cl)cc2)n1C. The van der Waals surface area contributed by atoms with Crippen molar-refractivity contribution >= 4 is 17.6 Å². The molecule has 4 heteroatoms. The highest BCUT2D eigenvalue weighted by molar-refractivity contribution is 6.30. The van der Waals surface area contributed by atoms with Crippen LogP contribution in [0, 0.1) is 6.92 Å². The van der Waals surface area contributed by atoms with Crippen LogP contribution in [0.2, 0.25) is 5.02 Å². The van der Waals surface area contributed by atoms with Gasteiger partial charge in [0.15, 0.2) is 0 Å². The fraction of sp³-hybridized carbons (Fsp3) is 0.214.